The van der Waals surface area contributed by atoms with Crippen LogP contribution in [0.4, 0.5) is 10.1 Å². The molecule has 0 atom stereocenters. The van der Waals surface area contributed by atoms with E-state index in [1.807, 2.05) is 6.92 Å². The predicted octanol–water partition coefficient (Wildman–Crippen LogP) is 3.05. The van der Waals surface area contributed by atoms with E-state index in [0.717, 1.165) is 21.1 Å². The molecule has 142 valence electrons. The maximum absolute atomic E-state index is 13.5. The summed E-state index contributed by atoms with van der Waals surface area (Å²) in [6, 6.07) is 10.4. The van der Waals surface area contributed by atoms with Crippen LogP contribution in [-0.4, -0.2) is 37.7 Å². The molecule has 27 heavy (non-hydrogen) atoms. The van der Waals surface area contributed by atoms with Gasteiger partial charge < -0.3 is 10.3 Å². The average Bonchev–Trinajstić information content (AvgIpc) is 2.90. The number of fused-ring (bicyclic) bond motifs is 1. The Balaban J connectivity index is 1.77. The lowest BCUT2D eigenvalue weighted by Crippen LogP contribution is -2.22. The Morgan fingerprint density at radius 1 is 1.15 bits per heavy atom. The lowest BCUT2D eigenvalue weighted by atomic mass is 10.1. The number of aromatic amines is 1. The summed E-state index contributed by atoms with van der Waals surface area (Å²) in [6.07, 6.45) is 0.0764. The van der Waals surface area contributed by atoms with Gasteiger partial charge in [-0.05, 0) is 55.0 Å². The fourth-order valence-electron chi connectivity index (χ4n) is 2.87. The number of carbonyl (C=O) groups is 1. The number of nitrogens with one attached hydrogen (secondary N) is 2. The number of benzene rings is 2. The number of amides is 1. The monoisotopic (exact) mass is 389 g/mol. The number of halogens is 1. The second-order valence-corrected chi connectivity index (χ2v) is 8.61. The zero-order valence-corrected chi connectivity index (χ0v) is 16.0. The molecule has 0 spiro atoms. The minimum Gasteiger partial charge on any atom is -0.358 e. The minimum atomic E-state index is -3.52. The molecule has 0 aliphatic rings. The van der Waals surface area contributed by atoms with Crippen LogP contribution in [0.1, 0.15) is 11.3 Å². The highest BCUT2D eigenvalue weighted by Crippen LogP contribution is 2.24. The van der Waals surface area contributed by atoms with Crippen molar-refractivity contribution in [3.8, 4) is 0 Å². The van der Waals surface area contributed by atoms with Crippen LogP contribution in [0.25, 0.3) is 10.9 Å². The summed E-state index contributed by atoms with van der Waals surface area (Å²) in [5.74, 6) is -0.632. The van der Waals surface area contributed by atoms with E-state index < -0.39 is 10.0 Å². The number of aryl methyl sites for hydroxylation is 1. The van der Waals surface area contributed by atoms with Crippen molar-refractivity contribution in [1.29, 1.82) is 0 Å². The number of carbonyl (C=O) groups excluding carboxylic acids is 1. The van der Waals surface area contributed by atoms with Crippen molar-refractivity contribution in [1.82, 2.24) is 9.29 Å². The predicted molar refractivity (Wildman–Crippen MR) is 103 cm³/mol. The van der Waals surface area contributed by atoms with Crippen LogP contribution in [0.5, 0.6) is 0 Å². The molecule has 0 aliphatic heterocycles. The maximum Gasteiger partial charge on any atom is 0.242 e. The Hall–Kier alpha value is -2.71. The Bertz CT molecular complexity index is 1100. The van der Waals surface area contributed by atoms with Crippen molar-refractivity contribution in [2.45, 2.75) is 18.2 Å². The fraction of sp³-hybridized carbons (Fsp3) is 0.211. The van der Waals surface area contributed by atoms with Gasteiger partial charge in [0.15, 0.2) is 0 Å². The topological polar surface area (TPSA) is 82.3 Å². The molecule has 8 heteroatoms. The van der Waals surface area contributed by atoms with Crippen LogP contribution < -0.4 is 5.32 Å². The zero-order chi connectivity index (χ0) is 19.8. The van der Waals surface area contributed by atoms with E-state index in [9.17, 15) is 17.6 Å². The molecule has 0 bridgehead atoms. The van der Waals surface area contributed by atoms with E-state index in [-0.39, 0.29) is 23.0 Å². The van der Waals surface area contributed by atoms with Gasteiger partial charge in [0.1, 0.15) is 5.82 Å². The largest absolute Gasteiger partial charge is 0.358 e. The average molecular weight is 389 g/mol. The van der Waals surface area contributed by atoms with Gasteiger partial charge in [0.05, 0.1) is 11.3 Å². The third kappa shape index (κ3) is 3.86. The normalized spacial score (nSPS) is 11.9. The third-order valence-corrected chi connectivity index (χ3v) is 6.16. The van der Waals surface area contributed by atoms with Crippen LogP contribution in [0.2, 0.25) is 0 Å². The maximum atomic E-state index is 13.5. The molecular weight excluding hydrogens is 369 g/mol. The molecule has 0 saturated carbocycles. The SMILES string of the molecule is Cc1[nH]c2ccc(F)cc2c1CC(=O)Nc1ccc(S(=O)(=O)N(C)C)cc1. The van der Waals surface area contributed by atoms with Gasteiger partial charge in [0, 0.05) is 36.4 Å². The molecule has 1 heterocycles. The first-order valence-electron chi connectivity index (χ1n) is 8.27. The van der Waals surface area contributed by atoms with E-state index in [2.05, 4.69) is 10.3 Å². The number of hydrogen-bond donors (Lipinski definition) is 2. The van der Waals surface area contributed by atoms with E-state index in [0.29, 0.717) is 11.1 Å². The van der Waals surface area contributed by atoms with Crippen molar-refractivity contribution in [3.05, 3.63) is 59.5 Å². The summed E-state index contributed by atoms with van der Waals surface area (Å²) in [7, 11) is -0.605. The van der Waals surface area contributed by atoms with Gasteiger partial charge in [-0.15, -0.1) is 0 Å². The number of rotatable bonds is 5. The first kappa shape index (κ1) is 19.1. The lowest BCUT2D eigenvalue weighted by molar-refractivity contribution is -0.115. The first-order chi connectivity index (χ1) is 12.7. The molecule has 6 nitrogen and oxygen atoms in total. The number of H-pyrrole nitrogens is 1. The summed E-state index contributed by atoms with van der Waals surface area (Å²) >= 11 is 0. The molecule has 1 aromatic heterocycles. The summed E-state index contributed by atoms with van der Waals surface area (Å²) < 4.78 is 38.8. The summed E-state index contributed by atoms with van der Waals surface area (Å²) in [6.45, 7) is 1.83. The summed E-state index contributed by atoms with van der Waals surface area (Å²) in [5, 5.41) is 3.42. The standard InChI is InChI=1S/C19H20FN3O3S/c1-12-16(17-10-13(20)4-9-18(17)21-12)11-19(24)22-14-5-7-15(8-6-14)27(25,26)23(2)3/h4-10,21H,11H2,1-3H3,(H,22,24). The van der Waals surface area contributed by atoms with Crippen molar-refractivity contribution in [2.75, 3.05) is 19.4 Å². The van der Waals surface area contributed by atoms with Gasteiger partial charge >= 0.3 is 0 Å². The Morgan fingerprint density at radius 3 is 2.44 bits per heavy atom. The molecule has 2 N–H and O–H groups in total. The highest BCUT2D eigenvalue weighted by atomic mass is 32.2. The van der Waals surface area contributed by atoms with E-state index in [1.54, 1.807) is 6.07 Å². The molecule has 0 radical (unpaired) electrons. The molecule has 0 aliphatic carbocycles. The van der Waals surface area contributed by atoms with E-state index in [1.165, 1.54) is 50.5 Å². The molecule has 0 unspecified atom stereocenters. The van der Waals surface area contributed by atoms with Crippen molar-refractivity contribution in [2.24, 2.45) is 0 Å². The number of nitrogens with zero attached hydrogens (tertiary/aromatic N) is 1. The quantitative estimate of drug-likeness (QED) is 0.704. The van der Waals surface area contributed by atoms with Crippen molar-refractivity contribution in [3.63, 3.8) is 0 Å². The Kier molecular flexibility index (Phi) is 5.03. The minimum absolute atomic E-state index is 0.0764. The second kappa shape index (κ2) is 7.13. The van der Waals surface area contributed by atoms with Gasteiger partial charge in [-0.3, -0.25) is 4.79 Å². The number of hydrogen-bond acceptors (Lipinski definition) is 3. The van der Waals surface area contributed by atoms with E-state index in [4.69, 9.17) is 0 Å². The van der Waals surface area contributed by atoms with Crippen molar-refractivity contribution < 1.29 is 17.6 Å². The molecule has 1 amide bonds. The van der Waals surface area contributed by atoms with Crippen LogP contribution in [0, 0.1) is 12.7 Å². The lowest BCUT2D eigenvalue weighted by Gasteiger charge is -2.12. The third-order valence-electron chi connectivity index (χ3n) is 4.34. The van der Waals surface area contributed by atoms with Gasteiger partial charge in [-0.25, -0.2) is 17.1 Å². The number of anilines is 1. The number of sulfonamides is 1. The van der Waals surface area contributed by atoms with Crippen LogP contribution >= 0.6 is 0 Å². The van der Waals surface area contributed by atoms with Crippen LogP contribution in [0.15, 0.2) is 47.4 Å². The van der Waals surface area contributed by atoms with Crippen LogP contribution in [0.3, 0.4) is 0 Å². The van der Waals surface area contributed by atoms with Gasteiger partial charge in [-0.2, -0.15) is 0 Å². The molecule has 0 saturated heterocycles. The highest BCUT2D eigenvalue weighted by Gasteiger charge is 2.17. The Morgan fingerprint density at radius 2 is 1.81 bits per heavy atom. The van der Waals surface area contributed by atoms with Crippen LogP contribution in [-0.2, 0) is 21.2 Å². The fourth-order valence-corrected chi connectivity index (χ4v) is 3.77. The number of aromatic nitrogens is 1. The smallest absolute Gasteiger partial charge is 0.242 e. The molecule has 2 aromatic carbocycles. The van der Waals surface area contributed by atoms with Crippen molar-refractivity contribution >= 4 is 32.5 Å². The molecular formula is C19H20FN3O3S. The highest BCUT2D eigenvalue weighted by molar-refractivity contribution is 7.89. The van der Waals surface area contributed by atoms with Gasteiger partial charge in [0.25, 0.3) is 0 Å². The second-order valence-electron chi connectivity index (χ2n) is 6.46. The van der Waals surface area contributed by atoms with E-state index >= 15 is 0 Å². The molecule has 3 rings (SSSR count). The molecule has 3 aromatic rings. The van der Waals surface area contributed by atoms with Gasteiger partial charge in [-0.1, -0.05) is 0 Å². The molecule has 0 fully saturated rings. The summed E-state index contributed by atoms with van der Waals surface area (Å²) in [5.41, 5.74) is 2.79. The zero-order valence-electron chi connectivity index (χ0n) is 15.2. The summed E-state index contributed by atoms with van der Waals surface area (Å²) in [4.78, 5) is 15.7. The van der Waals surface area contributed by atoms with Gasteiger partial charge in [0.2, 0.25) is 15.9 Å². The Labute approximate surface area is 157 Å². The first-order valence-corrected chi connectivity index (χ1v) is 9.71.